The molecule has 1 atom stereocenters. The number of anilines is 1. The molecule has 5 nitrogen and oxygen atoms in total. The van der Waals surface area contributed by atoms with E-state index in [-0.39, 0.29) is 21.3 Å². The third-order valence-corrected chi connectivity index (χ3v) is 2.68. The van der Waals surface area contributed by atoms with Crippen molar-refractivity contribution in [2.24, 2.45) is 0 Å². The highest BCUT2D eigenvalue weighted by atomic mass is 35.5. The molecule has 0 heterocycles. The topological polar surface area (TPSA) is 92.4 Å². The Hall–Kier alpha value is -1.46. The highest BCUT2D eigenvalue weighted by Gasteiger charge is 2.17. The SMILES string of the molecule is C[C@@H](NC(=O)c1cc(Cl)c(N)c(Cl)c1)C(=O)O. The number of amides is 1. The fourth-order valence-electron chi connectivity index (χ4n) is 1.06. The largest absolute Gasteiger partial charge is 0.480 e. The molecule has 0 saturated heterocycles. The molecule has 4 N–H and O–H groups in total. The molecule has 92 valence electrons. The maximum atomic E-state index is 11.6. The predicted molar refractivity (Wildman–Crippen MR) is 65.4 cm³/mol. The Morgan fingerprint density at radius 1 is 1.35 bits per heavy atom. The first kappa shape index (κ1) is 13.6. The van der Waals surface area contributed by atoms with Crippen molar-refractivity contribution < 1.29 is 14.7 Å². The third kappa shape index (κ3) is 3.25. The minimum absolute atomic E-state index is 0.144. The third-order valence-electron chi connectivity index (χ3n) is 2.06. The molecule has 7 heteroatoms. The Morgan fingerprint density at radius 3 is 2.24 bits per heavy atom. The molecule has 0 bridgehead atoms. The number of nitrogen functional groups attached to an aromatic ring is 1. The van der Waals surface area contributed by atoms with Crippen molar-refractivity contribution in [2.75, 3.05) is 5.73 Å². The van der Waals surface area contributed by atoms with Gasteiger partial charge in [-0.05, 0) is 19.1 Å². The van der Waals surface area contributed by atoms with E-state index in [1.807, 2.05) is 0 Å². The van der Waals surface area contributed by atoms with Gasteiger partial charge in [0.15, 0.2) is 0 Å². The number of carboxylic acid groups (broad SMARTS) is 1. The summed E-state index contributed by atoms with van der Waals surface area (Å²) >= 11 is 11.5. The van der Waals surface area contributed by atoms with Gasteiger partial charge in [-0.15, -0.1) is 0 Å². The molecule has 1 amide bonds. The first-order valence-electron chi connectivity index (χ1n) is 4.61. The summed E-state index contributed by atoms with van der Waals surface area (Å²) in [6, 6.07) is 1.65. The molecule has 0 aliphatic carbocycles. The van der Waals surface area contributed by atoms with E-state index in [2.05, 4.69) is 5.32 Å². The van der Waals surface area contributed by atoms with Gasteiger partial charge in [0.2, 0.25) is 0 Å². The van der Waals surface area contributed by atoms with Crippen LogP contribution in [0.25, 0.3) is 0 Å². The number of benzene rings is 1. The summed E-state index contributed by atoms with van der Waals surface area (Å²) in [5.74, 6) is -1.71. The standard InChI is InChI=1S/C10H10Cl2N2O3/c1-4(10(16)17)14-9(15)5-2-6(11)8(13)7(12)3-5/h2-4H,13H2,1H3,(H,14,15)(H,16,17)/t4-/m1/s1. The van der Waals surface area contributed by atoms with Gasteiger partial charge in [0.1, 0.15) is 6.04 Å². The van der Waals surface area contributed by atoms with Crippen LogP contribution in [0.15, 0.2) is 12.1 Å². The van der Waals surface area contributed by atoms with E-state index in [9.17, 15) is 9.59 Å². The molecule has 1 rings (SSSR count). The van der Waals surface area contributed by atoms with Crippen molar-refractivity contribution in [2.45, 2.75) is 13.0 Å². The van der Waals surface area contributed by atoms with Gasteiger partial charge in [-0.3, -0.25) is 9.59 Å². The van der Waals surface area contributed by atoms with E-state index in [1.54, 1.807) is 0 Å². The maximum Gasteiger partial charge on any atom is 0.325 e. The molecule has 0 unspecified atom stereocenters. The predicted octanol–water partition coefficient (Wildman–Crippen LogP) is 1.78. The van der Waals surface area contributed by atoms with Crippen molar-refractivity contribution in [3.8, 4) is 0 Å². The summed E-state index contributed by atoms with van der Waals surface area (Å²) in [4.78, 5) is 22.2. The Balaban J connectivity index is 2.94. The molecule has 0 fully saturated rings. The Kier molecular flexibility index (Phi) is 4.20. The molecule has 17 heavy (non-hydrogen) atoms. The van der Waals surface area contributed by atoms with E-state index in [1.165, 1.54) is 19.1 Å². The van der Waals surface area contributed by atoms with Crippen molar-refractivity contribution in [3.63, 3.8) is 0 Å². The highest BCUT2D eigenvalue weighted by Crippen LogP contribution is 2.28. The van der Waals surface area contributed by atoms with Crippen LogP contribution in [0.4, 0.5) is 5.69 Å². The summed E-state index contributed by atoms with van der Waals surface area (Å²) < 4.78 is 0. The van der Waals surface area contributed by atoms with Crippen LogP contribution in [-0.4, -0.2) is 23.0 Å². The molecule has 0 saturated carbocycles. The van der Waals surface area contributed by atoms with Crippen molar-refractivity contribution >= 4 is 40.8 Å². The normalized spacial score (nSPS) is 11.9. The van der Waals surface area contributed by atoms with E-state index in [0.29, 0.717) is 0 Å². The summed E-state index contributed by atoms with van der Waals surface area (Å²) in [5, 5.41) is 11.2. The summed E-state index contributed by atoms with van der Waals surface area (Å²) in [7, 11) is 0. The van der Waals surface area contributed by atoms with Crippen LogP contribution in [0.2, 0.25) is 10.0 Å². The van der Waals surface area contributed by atoms with E-state index < -0.39 is 17.9 Å². The maximum absolute atomic E-state index is 11.6. The van der Waals surface area contributed by atoms with E-state index in [4.69, 9.17) is 34.0 Å². The Labute approximate surface area is 108 Å². The van der Waals surface area contributed by atoms with Crippen LogP contribution in [0.5, 0.6) is 0 Å². The minimum Gasteiger partial charge on any atom is -0.480 e. The van der Waals surface area contributed by atoms with Crippen molar-refractivity contribution in [3.05, 3.63) is 27.7 Å². The monoisotopic (exact) mass is 276 g/mol. The summed E-state index contributed by atoms with van der Waals surface area (Å²) in [6.07, 6.45) is 0. The van der Waals surface area contributed by atoms with Crippen LogP contribution >= 0.6 is 23.2 Å². The molecule has 0 aliphatic rings. The van der Waals surface area contributed by atoms with Crippen LogP contribution < -0.4 is 11.1 Å². The van der Waals surface area contributed by atoms with Gasteiger partial charge in [0, 0.05) is 5.56 Å². The van der Waals surface area contributed by atoms with Crippen LogP contribution in [0, 0.1) is 0 Å². The second-order valence-electron chi connectivity index (χ2n) is 3.39. The molecular formula is C10H10Cl2N2O3. The Bertz CT molecular complexity index is 454. The fourth-order valence-corrected chi connectivity index (χ4v) is 1.54. The number of hydrogen-bond acceptors (Lipinski definition) is 3. The molecule has 0 radical (unpaired) electrons. The lowest BCUT2D eigenvalue weighted by Gasteiger charge is -2.10. The molecule has 1 aromatic carbocycles. The number of aliphatic carboxylic acids is 1. The zero-order valence-corrected chi connectivity index (χ0v) is 10.3. The van der Waals surface area contributed by atoms with Gasteiger partial charge < -0.3 is 16.2 Å². The van der Waals surface area contributed by atoms with Gasteiger partial charge in [-0.2, -0.15) is 0 Å². The number of carboxylic acids is 1. The lowest BCUT2D eigenvalue weighted by atomic mass is 10.2. The number of nitrogens with one attached hydrogen (secondary N) is 1. The van der Waals surface area contributed by atoms with E-state index in [0.717, 1.165) is 0 Å². The first-order chi connectivity index (χ1) is 7.82. The van der Waals surface area contributed by atoms with Gasteiger partial charge in [-0.25, -0.2) is 0 Å². The second kappa shape index (κ2) is 5.25. The summed E-state index contributed by atoms with van der Waals surface area (Å²) in [6.45, 7) is 1.35. The zero-order chi connectivity index (χ0) is 13.2. The number of halogens is 2. The molecule has 1 aromatic rings. The fraction of sp³-hybridized carbons (Fsp3) is 0.200. The minimum atomic E-state index is -1.13. The lowest BCUT2D eigenvalue weighted by molar-refractivity contribution is -0.138. The van der Waals surface area contributed by atoms with Crippen LogP contribution in [0.3, 0.4) is 0 Å². The quantitative estimate of drug-likeness (QED) is 0.734. The average molecular weight is 277 g/mol. The second-order valence-corrected chi connectivity index (χ2v) is 4.20. The van der Waals surface area contributed by atoms with Crippen molar-refractivity contribution in [1.29, 1.82) is 0 Å². The van der Waals surface area contributed by atoms with Gasteiger partial charge in [-0.1, -0.05) is 23.2 Å². The first-order valence-corrected chi connectivity index (χ1v) is 5.36. The number of carbonyl (C=O) groups excluding carboxylic acids is 1. The Morgan fingerprint density at radius 2 is 1.82 bits per heavy atom. The van der Waals surface area contributed by atoms with E-state index >= 15 is 0 Å². The van der Waals surface area contributed by atoms with Crippen LogP contribution in [-0.2, 0) is 4.79 Å². The number of rotatable bonds is 3. The summed E-state index contributed by atoms with van der Waals surface area (Å²) in [5.41, 5.74) is 5.84. The van der Waals surface area contributed by atoms with Gasteiger partial charge in [0.05, 0.1) is 15.7 Å². The smallest absolute Gasteiger partial charge is 0.325 e. The molecule has 0 aromatic heterocycles. The zero-order valence-electron chi connectivity index (χ0n) is 8.83. The number of carbonyl (C=O) groups is 2. The lowest BCUT2D eigenvalue weighted by Crippen LogP contribution is -2.38. The number of nitrogens with two attached hydrogens (primary N) is 1. The molecular weight excluding hydrogens is 267 g/mol. The highest BCUT2D eigenvalue weighted by molar-refractivity contribution is 6.39. The van der Waals surface area contributed by atoms with Gasteiger partial charge in [0.25, 0.3) is 5.91 Å². The number of hydrogen-bond donors (Lipinski definition) is 3. The van der Waals surface area contributed by atoms with Gasteiger partial charge >= 0.3 is 5.97 Å². The average Bonchev–Trinajstić information content (AvgIpc) is 2.24. The van der Waals surface area contributed by atoms with Crippen LogP contribution in [0.1, 0.15) is 17.3 Å². The molecule has 0 spiro atoms. The van der Waals surface area contributed by atoms with Crippen molar-refractivity contribution in [1.82, 2.24) is 5.32 Å². The molecule has 0 aliphatic heterocycles.